The summed E-state index contributed by atoms with van der Waals surface area (Å²) in [5, 5.41) is 0. The highest BCUT2D eigenvalue weighted by atomic mass is 16.5. The van der Waals surface area contributed by atoms with E-state index in [0.29, 0.717) is 0 Å². The third kappa shape index (κ3) is 2.18. The number of rotatable bonds is 2. The fourth-order valence-corrected chi connectivity index (χ4v) is 1.52. The van der Waals surface area contributed by atoms with E-state index in [1.165, 1.54) is 0 Å². The number of ether oxygens (including phenoxy) is 1. The third-order valence-corrected chi connectivity index (χ3v) is 2.32. The zero-order valence-electron chi connectivity index (χ0n) is 8.95. The summed E-state index contributed by atoms with van der Waals surface area (Å²) in [7, 11) is 0. The third-order valence-electron chi connectivity index (χ3n) is 2.32. The summed E-state index contributed by atoms with van der Waals surface area (Å²) in [5.41, 5.74) is 2.31. The van der Waals surface area contributed by atoms with Crippen molar-refractivity contribution in [3.63, 3.8) is 0 Å². The quantitative estimate of drug-likeness (QED) is 0.709. The first-order valence-electron chi connectivity index (χ1n) is 4.97. The molecular formula is C14H13O. The fourth-order valence-electron chi connectivity index (χ4n) is 1.52. The van der Waals surface area contributed by atoms with Crippen molar-refractivity contribution in [2.24, 2.45) is 0 Å². The molecule has 15 heavy (non-hydrogen) atoms. The lowest BCUT2D eigenvalue weighted by Gasteiger charge is -2.10. The molecule has 1 heteroatoms. The number of para-hydroxylation sites is 1. The average molecular weight is 197 g/mol. The van der Waals surface area contributed by atoms with Crippen LogP contribution in [0.4, 0.5) is 0 Å². The largest absolute Gasteiger partial charge is 0.457 e. The van der Waals surface area contributed by atoms with Crippen LogP contribution in [0.25, 0.3) is 0 Å². The van der Waals surface area contributed by atoms with Gasteiger partial charge >= 0.3 is 0 Å². The van der Waals surface area contributed by atoms with Crippen LogP contribution in [0, 0.1) is 19.9 Å². The molecule has 0 N–H and O–H groups in total. The molecule has 2 rings (SSSR count). The predicted molar refractivity (Wildman–Crippen MR) is 61.3 cm³/mol. The van der Waals surface area contributed by atoms with E-state index in [9.17, 15) is 0 Å². The van der Waals surface area contributed by atoms with Crippen LogP contribution in [0.2, 0.25) is 0 Å². The number of benzene rings is 2. The summed E-state index contributed by atoms with van der Waals surface area (Å²) in [5.74, 6) is 1.80. The highest BCUT2D eigenvalue weighted by Gasteiger charge is 2.03. The van der Waals surface area contributed by atoms with E-state index in [-0.39, 0.29) is 0 Å². The average Bonchev–Trinajstić information content (AvgIpc) is 2.25. The molecule has 0 heterocycles. The van der Waals surface area contributed by atoms with Gasteiger partial charge in [0.2, 0.25) is 0 Å². The van der Waals surface area contributed by atoms with Crippen molar-refractivity contribution in [1.29, 1.82) is 0 Å². The lowest BCUT2D eigenvalue weighted by atomic mass is 10.1. The first-order valence-corrected chi connectivity index (χ1v) is 4.97. The van der Waals surface area contributed by atoms with Crippen LogP contribution in [-0.2, 0) is 0 Å². The fraction of sp³-hybridized carbons (Fsp3) is 0.143. The first kappa shape index (κ1) is 9.78. The van der Waals surface area contributed by atoms with Crippen molar-refractivity contribution >= 4 is 0 Å². The molecule has 0 fully saturated rings. The monoisotopic (exact) mass is 197 g/mol. The summed E-state index contributed by atoms with van der Waals surface area (Å²) in [6, 6.07) is 16.6. The summed E-state index contributed by atoms with van der Waals surface area (Å²) < 4.78 is 5.82. The number of hydrogen-bond donors (Lipinski definition) is 0. The Morgan fingerprint density at radius 2 is 1.53 bits per heavy atom. The highest BCUT2D eigenvalue weighted by Crippen LogP contribution is 2.27. The molecule has 0 amide bonds. The summed E-state index contributed by atoms with van der Waals surface area (Å²) in [6.07, 6.45) is 0. The zero-order chi connectivity index (χ0) is 10.7. The lowest BCUT2D eigenvalue weighted by molar-refractivity contribution is 0.475. The minimum atomic E-state index is 0.853. The number of aryl methyl sites for hydroxylation is 2. The number of hydrogen-bond acceptors (Lipinski definition) is 1. The van der Waals surface area contributed by atoms with E-state index in [4.69, 9.17) is 4.74 Å². The molecule has 2 aromatic rings. The summed E-state index contributed by atoms with van der Waals surface area (Å²) in [6.45, 7) is 4.11. The molecule has 0 saturated heterocycles. The van der Waals surface area contributed by atoms with Gasteiger partial charge in [-0.1, -0.05) is 30.3 Å². The first-order chi connectivity index (χ1) is 7.27. The van der Waals surface area contributed by atoms with Crippen LogP contribution in [0.3, 0.4) is 0 Å². The Balaban J connectivity index is 2.32. The second kappa shape index (κ2) is 4.18. The van der Waals surface area contributed by atoms with Crippen LogP contribution in [0.15, 0.2) is 42.5 Å². The molecule has 0 aliphatic rings. The standard InChI is InChI=1S/C14H13O/c1-11-7-6-8-12(2)14(11)15-13-9-4-3-5-10-13/h4-10H,1-2H3. The maximum atomic E-state index is 5.82. The SMILES string of the molecule is Cc1cccc(C)c1Oc1cc[c]cc1. The smallest absolute Gasteiger partial charge is 0.133 e. The van der Waals surface area contributed by atoms with Crippen molar-refractivity contribution in [2.75, 3.05) is 0 Å². The highest BCUT2D eigenvalue weighted by molar-refractivity contribution is 5.42. The Hall–Kier alpha value is -1.76. The minimum absolute atomic E-state index is 0.853. The molecule has 0 saturated carbocycles. The van der Waals surface area contributed by atoms with Crippen molar-refractivity contribution < 1.29 is 4.74 Å². The summed E-state index contributed by atoms with van der Waals surface area (Å²) in [4.78, 5) is 0. The van der Waals surface area contributed by atoms with E-state index < -0.39 is 0 Å². The van der Waals surface area contributed by atoms with Gasteiger partial charge in [-0.3, -0.25) is 0 Å². The van der Waals surface area contributed by atoms with Gasteiger partial charge in [-0.2, -0.15) is 0 Å². The van der Waals surface area contributed by atoms with Crippen LogP contribution < -0.4 is 4.74 Å². The molecule has 75 valence electrons. The molecular weight excluding hydrogens is 184 g/mol. The molecule has 1 radical (unpaired) electrons. The molecule has 0 spiro atoms. The van der Waals surface area contributed by atoms with Gasteiger partial charge in [-0.25, -0.2) is 0 Å². The second-order valence-corrected chi connectivity index (χ2v) is 3.56. The lowest BCUT2D eigenvalue weighted by Crippen LogP contribution is -1.90. The van der Waals surface area contributed by atoms with Crippen LogP contribution in [0.1, 0.15) is 11.1 Å². The van der Waals surface area contributed by atoms with Gasteiger partial charge in [0, 0.05) is 0 Å². The normalized spacial score (nSPS) is 10.0. The van der Waals surface area contributed by atoms with E-state index in [1.54, 1.807) is 0 Å². The zero-order valence-corrected chi connectivity index (χ0v) is 8.95. The van der Waals surface area contributed by atoms with E-state index in [0.717, 1.165) is 22.6 Å². The molecule has 0 atom stereocenters. The molecule has 0 aromatic heterocycles. The minimum Gasteiger partial charge on any atom is -0.457 e. The molecule has 0 unspecified atom stereocenters. The van der Waals surface area contributed by atoms with Crippen molar-refractivity contribution in [2.45, 2.75) is 13.8 Å². The van der Waals surface area contributed by atoms with E-state index in [2.05, 4.69) is 32.0 Å². The van der Waals surface area contributed by atoms with Crippen molar-refractivity contribution in [1.82, 2.24) is 0 Å². The Kier molecular flexibility index (Phi) is 2.72. The second-order valence-electron chi connectivity index (χ2n) is 3.56. The van der Waals surface area contributed by atoms with Crippen molar-refractivity contribution in [3.05, 3.63) is 59.7 Å². The van der Waals surface area contributed by atoms with E-state index >= 15 is 0 Å². The van der Waals surface area contributed by atoms with Gasteiger partial charge in [0.05, 0.1) is 0 Å². The maximum absolute atomic E-state index is 5.82. The molecule has 2 aromatic carbocycles. The molecule has 0 aliphatic carbocycles. The maximum Gasteiger partial charge on any atom is 0.133 e. The molecule has 1 nitrogen and oxygen atoms in total. The summed E-state index contributed by atoms with van der Waals surface area (Å²) >= 11 is 0. The van der Waals surface area contributed by atoms with Gasteiger partial charge in [0.25, 0.3) is 0 Å². The van der Waals surface area contributed by atoms with Gasteiger partial charge < -0.3 is 4.74 Å². The topological polar surface area (TPSA) is 9.23 Å². The molecule has 0 aliphatic heterocycles. The van der Waals surface area contributed by atoms with Gasteiger partial charge in [0.1, 0.15) is 11.5 Å². The molecule has 0 bridgehead atoms. The van der Waals surface area contributed by atoms with Gasteiger partial charge in [-0.15, -0.1) is 0 Å². The predicted octanol–water partition coefficient (Wildman–Crippen LogP) is 3.90. The Morgan fingerprint density at radius 3 is 2.13 bits per heavy atom. The van der Waals surface area contributed by atoms with Gasteiger partial charge in [0.15, 0.2) is 0 Å². The Bertz CT molecular complexity index is 426. The van der Waals surface area contributed by atoms with Crippen LogP contribution in [-0.4, -0.2) is 0 Å². The van der Waals surface area contributed by atoms with Crippen LogP contribution >= 0.6 is 0 Å². The Labute approximate surface area is 90.3 Å². The van der Waals surface area contributed by atoms with Crippen LogP contribution in [0.5, 0.6) is 11.5 Å². The Morgan fingerprint density at radius 1 is 0.933 bits per heavy atom. The van der Waals surface area contributed by atoms with Crippen molar-refractivity contribution in [3.8, 4) is 11.5 Å². The van der Waals surface area contributed by atoms with Gasteiger partial charge in [-0.05, 0) is 43.2 Å². The van der Waals surface area contributed by atoms with E-state index in [1.807, 2.05) is 30.3 Å².